The van der Waals surface area contributed by atoms with Gasteiger partial charge in [-0.1, -0.05) is 0 Å². The van der Waals surface area contributed by atoms with Crippen LogP contribution in [0, 0.1) is 11.8 Å². The molecule has 0 aromatic carbocycles. The van der Waals surface area contributed by atoms with E-state index < -0.39 is 0 Å². The van der Waals surface area contributed by atoms with E-state index in [0.29, 0.717) is 6.10 Å². The first-order valence-electron chi connectivity index (χ1n) is 4.01. The maximum Gasteiger partial charge on any atom is 0.485 e. The minimum atomic E-state index is 0.337. The number of hydrogen-bond acceptors (Lipinski definition) is 2. The summed E-state index contributed by atoms with van der Waals surface area (Å²) in [6.45, 7) is 0. The lowest BCUT2D eigenvalue weighted by atomic mass is 9.97. The second-order valence-electron chi connectivity index (χ2n) is 3.45. The summed E-state index contributed by atoms with van der Waals surface area (Å²) in [7, 11) is 0.853. The lowest BCUT2D eigenvalue weighted by molar-refractivity contribution is 0.125. The summed E-state index contributed by atoms with van der Waals surface area (Å²) in [5.74, 6) is 1.64. The van der Waals surface area contributed by atoms with Crippen LogP contribution in [0.5, 0.6) is 0 Å². The van der Waals surface area contributed by atoms with E-state index in [0.717, 1.165) is 19.5 Å². The summed E-state index contributed by atoms with van der Waals surface area (Å²) in [5, 5.41) is 8.41. The Kier molecular flexibility index (Phi) is 1.70. The van der Waals surface area contributed by atoms with Crippen molar-refractivity contribution in [2.75, 3.05) is 0 Å². The molecule has 2 rings (SSSR count). The smallest absolute Gasteiger partial charge is 0.429 e. The van der Waals surface area contributed by atoms with Crippen LogP contribution in [0.4, 0.5) is 0 Å². The molecule has 0 spiro atoms. The van der Waals surface area contributed by atoms with Gasteiger partial charge in [0.1, 0.15) is 0 Å². The zero-order valence-corrected chi connectivity index (χ0v) is 5.99. The fourth-order valence-electron chi connectivity index (χ4n) is 2.43. The Labute approximate surface area is 61.9 Å². The lowest BCUT2D eigenvalue weighted by Gasteiger charge is -2.20. The van der Waals surface area contributed by atoms with Gasteiger partial charge in [0.15, 0.2) is 0 Å². The average molecular weight is 139 g/mol. The van der Waals surface area contributed by atoms with Crippen molar-refractivity contribution in [1.82, 2.24) is 0 Å². The minimum absolute atomic E-state index is 0.337. The molecule has 3 heteroatoms. The van der Waals surface area contributed by atoms with Crippen LogP contribution in [0.15, 0.2) is 0 Å². The molecule has 0 aromatic rings. The van der Waals surface area contributed by atoms with E-state index in [4.69, 9.17) is 9.68 Å². The SMILES string of the molecule is O[B]OC1CC2CCC1C2. The molecule has 1 N–H and O–H groups in total. The molecule has 0 saturated heterocycles. The van der Waals surface area contributed by atoms with Crippen molar-refractivity contribution in [3.05, 3.63) is 0 Å². The van der Waals surface area contributed by atoms with Crippen molar-refractivity contribution in [2.24, 2.45) is 11.8 Å². The largest absolute Gasteiger partial charge is 0.485 e. The highest BCUT2D eigenvalue weighted by atomic mass is 16.5. The lowest BCUT2D eigenvalue weighted by Crippen LogP contribution is -2.22. The van der Waals surface area contributed by atoms with Crippen LogP contribution < -0.4 is 0 Å². The summed E-state index contributed by atoms with van der Waals surface area (Å²) < 4.78 is 5.07. The Balaban J connectivity index is 1.90. The highest BCUT2D eigenvalue weighted by Gasteiger charge is 2.39. The van der Waals surface area contributed by atoms with Crippen molar-refractivity contribution in [1.29, 1.82) is 0 Å². The number of hydrogen-bond donors (Lipinski definition) is 1. The zero-order chi connectivity index (χ0) is 6.97. The predicted molar refractivity (Wildman–Crippen MR) is 38.3 cm³/mol. The summed E-state index contributed by atoms with van der Waals surface area (Å²) in [5.41, 5.74) is 0. The Morgan fingerprint density at radius 3 is 2.70 bits per heavy atom. The first-order chi connectivity index (χ1) is 4.90. The van der Waals surface area contributed by atoms with Gasteiger partial charge < -0.3 is 9.68 Å². The van der Waals surface area contributed by atoms with Gasteiger partial charge in [0.25, 0.3) is 0 Å². The van der Waals surface area contributed by atoms with E-state index in [1.54, 1.807) is 0 Å². The van der Waals surface area contributed by atoms with E-state index in [-0.39, 0.29) is 0 Å². The van der Waals surface area contributed by atoms with Crippen molar-refractivity contribution in [2.45, 2.75) is 31.8 Å². The molecule has 3 atom stereocenters. The van der Waals surface area contributed by atoms with Gasteiger partial charge in [0, 0.05) is 6.10 Å². The molecule has 2 fully saturated rings. The maximum absolute atomic E-state index is 8.41. The minimum Gasteiger partial charge on any atom is -0.429 e. The monoisotopic (exact) mass is 139 g/mol. The van der Waals surface area contributed by atoms with E-state index >= 15 is 0 Å². The van der Waals surface area contributed by atoms with E-state index in [1.807, 2.05) is 0 Å². The Bertz CT molecular complexity index is 129. The van der Waals surface area contributed by atoms with Crippen molar-refractivity contribution >= 4 is 7.69 Å². The maximum atomic E-state index is 8.41. The van der Waals surface area contributed by atoms with Gasteiger partial charge in [-0.05, 0) is 37.5 Å². The molecule has 55 valence electrons. The van der Waals surface area contributed by atoms with Crippen LogP contribution in [0.1, 0.15) is 25.7 Å². The van der Waals surface area contributed by atoms with Gasteiger partial charge in [0.2, 0.25) is 0 Å². The van der Waals surface area contributed by atoms with Gasteiger partial charge in [-0.2, -0.15) is 0 Å². The molecule has 2 bridgehead atoms. The third kappa shape index (κ3) is 0.975. The van der Waals surface area contributed by atoms with Gasteiger partial charge >= 0.3 is 7.69 Å². The summed E-state index contributed by atoms with van der Waals surface area (Å²) in [4.78, 5) is 0. The van der Waals surface area contributed by atoms with E-state index in [9.17, 15) is 0 Å². The Hall–Kier alpha value is -0.0151. The molecule has 2 aliphatic rings. The molecule has 2 aliphatic carbocycles. The Morgan fingerprint density at radius 2 is 2.20 bits per heavy atom. The zero-order valence-electron chi connectivity index (χ0n) is 5.99. The topological polar surface area (TPSA) is 29.5 Å². The van der Waals surface area contributed by atoms with Gasteiger partial charge in [-0.3, -0.25) is 0 Å². The molecule has 0 amide bonds. The quantitative estimate of drug-likeness (QED) is 0.571. The Morgan fingerprint density at radius 1 is 1.30 bits per heavy atom. The number of fused-ring (bicyclic) bond motifs is 2. The predicted octanol–water partition coefficient (Wildman–Crippen LogP) is 0.718. The standard InChI is InChI=1S/C7H12BO2/c9-8-10-7-4-5-1-2-6(7)3-5/h5-7,9H,1-4H2. The summed E-state index contributed by atoms with van der Waals surface area (Å²) >= 11 is 0. The van der Waals surface area contributed by atoms with Crippen LogP contribution in [0.25, 0.3) is 0 Å². The second-order valence-corrected chi connectivity index (χ2v) is 3.45. The molecular formula is C7H12BO2. The molecule has 0 aromatic heterocycles. The second kappa shape index (κ2) is 2.55. The highest BCUT2D eigenvalue weighted by molar-refractivity contribution is 6.15. The molecular weight excluding hydrogens is 127 g/mol. The van der Waals surface area contributed by atoms with Crippen molar-refractivity contribution < 1.29 is 9.68 Å². The van der Waals surface area contributed by atoms with Crippen molar-refractivity contribution in [3.8, 4) is 0 Å². The summed E-state index contributed by atoms with van der Waals surface area (Å²) in [6, 6.07) is 0. The molecule has 2 saturated carbocycles. The molecule has 1 radical (unpaired) electrons. The first kappa shape index (κ1) is 6.68. The van der Waals surface area contributed by atoms with Crippen LogP contribution in [0.3, 0.4) is 0 Å². The third-order valence-corrected chi connectivity index (χ3v) is 2.91. The fourth-order valence-corrected chi connectivity index (χ4v) is 2.43. The fraction of sp³-hybridized carbons (Fsp3) is 1.00. The van der Waals surface area contributed by atoms with Gasteiger partial charge in [-0.15, -0.1) is 0 Å². The van der Waals surface area contributed by atoms with E-state index in [1.165, 1.54) is 25.7 Å². The molecule has 3 unspecified atom stereocenters. The average Bonchev–Trinajstić information content (AvgIpc) is 2.48. The van der Waals surface area contributed by atoms with Crippen LogP contribution in [0.2, 0.25) is 0 Å². The highest BCUT2D eigenvalue weighted by Crippen LogP contribution is 2.45. The first-order valence-corrected chi connectivity index (χ1v) is 4.01. The van der Waals surface area contributed by atoms with Gasteiger partial charge in [0.05, 0.1) is 0 Å². The molecule has 0 heterocycles. The molecule has 0 aliphatic heterocycles. The summed E-state index contributed by atoms with van der Waals surface area (Å²) in [6.07, 6.45) is 5.53. The number of rotatable bonds is 2. The van der Waals surface area contributed by atoms with Crippen LogP contribution >= 0.6 is 0 Å². The molecule has 10 heavy (non-hydrogen) atoms. The van der Waals surface area contributed by atoms with Crippen LogP contribution in [-0.4, -0.2) is 18.8 Å². The van der Waals surface area contributed by atoms with Crippen LogP contribution in [-0.2, 0) is 4.65 Å². The van der Waals surface area contributed by atoms with E-state index in [2.05, 4.69) is 0 Å². The van der Waals surface area contributed by atoms with Gasteiger partial charge in [-0.25, -0.2) is 0 Å². The normalized spacial score (nSPS) is 44.3. The van der Waals surface area contributed by atoms with Crippen molar-refractivity contribution in [3.63, 3.8) is 0 Å². The third-order valence-electron chi connectivity index (χ3n) is 2.91. The molecule has 2 nitrogen and oxygen atoms in total.